The molecule has 0 unspecified atom stereocenters. The molecule has 3 rings (SSSR count). The Balaban J connectivity index is 2.00. The molecule has 0 amide bonds. The average molecular weight is 241 g/mol. The van der Waals surface area contributed by atoms with Crippen molar-refractivity contribution in [2.24, 2.45) is 0 Å². The van der Waals surface area contributed by atoms with E-state index in [1.807, 2.05) is 25.1 Å². The average Bonchev–Trinajstić information content (AvgIpc) is 2.96. The van der Waals surface area contributed by atoms with Crippen LogP contribution in [0.5, 0.6) is 11.5 Å². The van der Waals surface area contributed by atoms with E-state index in [2.05, 4.69) is 16.0 Å². The Morgan fingerprint density at radius 1 is 1.39 bits per heavy atom. The van der Waals surface area contributed by atoms with Crippen molar-refractivity contribution in [1.29, 1.82) is 5.26 Å². The molecule has 1 aliphatic heterocycles. The summed E-state index contributed by atoms with van der Waals surface area (Å²) in [6.45, 7) is 2.17. The van der Waals surface area contributed by atoms with Crippen molar-refractivity contribution in [2.45, 2.75) is 13.3 Å². The first kappa shape index (κ1) is 10.7. The van der Waals surface area contributed by atoms with E-state index in [1.165, 1.54) is 0 Å². The van der Waals surface area contributed by atoms with Crippen LogP contribution in [0.4, 0.5) is 0 Å². The number of hydrogen-bond acceptors (Lipinski definition) is 4. The van der Waals surface area contributed by atoms with Crippen LogP contribution >= 0.6 is 0 Å². The zero-order chi connectivity index (χ0) is 12.5. The Morgan fingerprint density at radius 3 is 3.06 bits per heavy atom. The highest BCUT2D eigenvalue weighted by Crippen LogP contribution is 2.35. The molecule has 0 atom stereocenters. The van der Waals surface area contributed by atoms with Crippen LogP contribution in [0.1, 0.15) is 11.4 Å². The molecule has 5 heteroatoms. The third-order valence-corrected chi connectivity index (χ3v) is 2.88. The van der Waals surface area contributed by atoms with Gasteiger partial charge in [-0.25, -0.2) is 4.98 Å². The molecule has 90 valence electrons. The normalized spacial score (nSPS) is 12.4. The number of nitriles is 1. The summed E-state index contributed by atoms with van der Waals surface area (Å²) >= 11 is 0. The smallest absolute Gasteiger partial charge is 0.231 e. The van der Waals surface area contributed by atoms with Crippen LogP contribution in [0.2, 0.25) is 0 Å². The minimum atomic E-state index is 0.260. The molecule has 18 heavy (non-hydrogen) atoms. The summed E-state index contributed by atoms with van der Waals surface area (Å²) in [6, 6.07) is 7.77. The minimum absolute atomic E-state index is 0.260. The van der Waals surface area contributed by atoms with Crippen molar-refractivity contribution >= 4 is 0 Å². The van der Waals surface area contributed by atoms with E-state index >= 15 is 0 Å². The fourth-order valence-electron chi connectivity index (χ4n) is 1.92. The molecule has 1 aliphatic rings. The number of fused-ring (bicyclic) bond motifs is 1. The third-order valence-electron chi connectivity index (χ3n) is 2.88. The van der Waals surface area contributed by atoms with Gasteiger partial charge in [-0.1, -0.05) is 0 Å². The maximum absolute atomic E-state index is 8.71. The van der Waals surface area contributed by atoms with Gasteiger partial charge in [-0.15, -0.1) is 0 Å². The fourth-order valence-corrected chi connectivity index (χ4v) is 1.92. The molecule has 1 aromatic heterocycles. The van der Waals surface area contributed by atoms with Crippen LogP contribution in [-0.4, -0.2) is 16.8 Å². The highest BCUT2D eigenvalue weighted by Gasteiger charge is 2.15. The molecular formula is C13H11N3O2. The molecule has 0 saturated heterocycles. The maximum atomic E-state index is 8.71. The van der Waals surface area contributed by atoms with E-state index in [0.717, 1.165) is 34.3 Å². The van der Waals surface area contributed by atoms with Gasteiger partial charge in [-0.05, 0) is 25.1 Å². The van der Waals surface area contributed by atoms with E-state index in [9.17, 15) is 0 Å². The molecule has 2 aromatic rings. The summed E-state index contributed by atoms with van der Waals surface area (Å²) < 4.78 is 10.6. The molecule has 0 spiro atoms. The van der Waals surface area contributed by atoms with E-state index in [0.29, 0.717) is 6.42 Å². The van der Waals surface area contributed by atoms with E-state index in [1.54, 1.807) is 0 Å². The number of aromatic nitrogens is 2. The molecule has 0 fully saturated rings. The molecule has 0 radical (unpaired) electrons. The Kier molecular flexibility index (Phi) is 2.41. The molecule has 0 aliphatic carbocycles. The second kappa shape index (κ2) is 4.08. The molecular weight excluding hydrogens is 230 g/mol. The molecule has 1 N–H and O–H groups in total. The number of aromatic amines is 1. The van der Waals surface area contributed by atoms with Crippen molar-refractivity contribution in [3.8, 4) is 29.0 Å². The molecule has 5 nitrogen and oxygen atoms in total. The summed E-state index contributed by atoms with van der Waals surface area (Å²) in [5, 5.41) is 8.71. The van der Waals surface area contributed by atoms with Gasteiger partial charge in [0, 0.05) is 11.3 Å². The highest BCUT2D eigenvalue weighted by atomic mass is 16.7. The number of nitrogens with one attached hydrogen (secondary N) is 1. The largest absolute Gasteiger partial charge is 0.454 e. The zero-order valence-electron chi connectivity index (χ0n) is 9.86. The zero-order valence-corrected chi connectivity index (χ0v) is 9.86. The number of ether oxygens (including phenoxy) is 2. The minimum Gasteiger partial charge on any atom is -0.454 e. The Bertz CT molecular complexity index is 640. The number of nitrogens with zero attached hydrogens (tertiary/aromatic N) is 2. The quantitative estimate of drug-likeness (QED) is 0.874. The monoisotopic (exact) mass is 241 g/mol. The SMILES string of the molecule is Cc1[nH]c(-c2ccc3c(c2)OCO3)nc1CC#N. The lowest BCUT2D eigenvalue weighted by Gasteiger charge is -1.99. The van der Waals surface area contributed by atoms with E-state index in [-0.39, 0.29) is 6.79 Å². The van der Waals surface area contributed by atoms with Crippen LogP contribution in [-0.2, 0) is 6.42 Å². The predicted octanol–water partition coefficient (Wildman–Crippen LogP) is 2.18. The molecule has 1 aromatic carbocycles. The molecule has 0 bridgehead atoms. The second-order valence-corrected chi connectivity index (χ2v) is 4.06. The lowest BCUT2D eigenvalue weighted by Crippen LogP contribution is -1.92. The topological polar surface area (TPSA) is 70.9 Å². The van der Waals surface area contributed by atoms with Gasteiger partial charge < -0.3 is 14.5 Å². The first-order valence-corrected chi connectivity index (χ1v) is 5.60. The van der Waals surface area contributed by atoms with Crippen LogP contribution < -0.4 is 9.47 Å². The lowest BCUT2D eigenvalue weighted by atomic mass is 10.2. The van der Waals surface area contributed by atoms with Crippen LogP contribution in [0, 0.1) is 18.3 Å². The first-order chi connectivity index (χ1) is 8.78. The standard InChI is InChI=1S/C13H11N3O2/c1-8-10(4-5-14)16-13(15-8)9-2-3-11-12(6-9)18-7-17-11/h2-3,6H,4,7H2,1H3,(H,15,16). The van der Waals surface area contributed by atoms with Crippen LogP contribution in [0.3, 0.4) is 0 Å². The van der Waals surface area contributed by atoms with Gasteiger partial charge in [0.05, 0.1) is 18.2 Å². The van der Waals surface area contributed by atoms with Crippen molar-refractivity contribution < 1.29 is 9.47 Å². The summed E-state index contributed by atoms with van der Waals surface area (Å²) in [7, 11) is 0. The van der Waals surface area contributed by atoms with E-state index in [4.69, 9.17) is 14.7 Å². The number of benzene rings is 1. The van der Waals surface area contributed by atoms with E-state index < -0.39 is 0 Å². The number of aryl methyl sites for hydroxylation is 1. The van der Waals surface area contributed by atoms with Crippen molar-refractivity contribution in [1.82, 2.24) is 9.97 Å². The van der Waals surface area contributed by atoms with Gasteiger partial charge in [0.2, 0.25) is 6.79 Å². The van der Waals surface area contributed by atoms with Crippen molar-refractivity contribution in [2.75, 3.05) is 6.79 Å². The van der Waals surface area contributed by atoms with Gasteiger partial charge in [-0.2, -0.15) is 5.26 Å². The van der Waals surface area contributed by atoms with Gasteiger partial charge >= 0.3 is 0 Å². The number of H-pyrrole nitrogens is 1. The lowest BCUT2D eigenvalue weighted by molar-refractivity contribution is 0.174. The number of imidazole rings is 1. The number of hydrogen-bond donors (Lipinski definition) is 1. The first-order valence-electron chi connectivity index (χ1n) is 5.60. The molecule has 0 saturated carbocycles. The Labute approximate surface area is 104 Å². The van der Waals surface area contributed by atoms with Crippen LogP contribution in [0.25, 0.3) is 11.4 Å². The van der Waals surface area contributed by atoms with Gasteiger partial charge in [0.15, 0.2) is 11.5 Å². The Morgan fingerprint density at radius 2 is 2.22 bits per heavy atom. The predicted molar refractivity (Wildman–Crippen MR) is 64.2 cm³/mol. The summed E-state index contributed by atoms with van der Waals surface area (Å²) in [5.41, 5.74) is 2.63. The van der Waals surface area contributed by atoms with Gasteiger partial charge in [-0.3, -0.25) is 0 Å². The summed E-state index contributed by atoms with van der Waals surface area (Å²) in [6.07, 6.45) is 0.312. The van der Waals surface area contributed by atoms with Gasteiger partial charge in [0.1, 0.15) is 5.82 Å². The molecule has 2 heterocycles. The van der Waals surface area contributed by atoms with Crippen LogP contribution in [0.15, 0.2) is 18.2 Å². The third kappa shape index (κ3) is 1.68. The fraction of sp³-hybridized carbons (Fsp3) is 0.231. The second-order valence-electron chi connectivity index (χ2n) is 4.06. The number of rotatable bonds is 2. The Hall–Kier alpha value is -2.48. The van der Waals surface area contributed by atoms with Crippen molar-refractivity contribution in [3.63, 3.8) is 0 Å². The maximum Gasteiger partial charge on any atom is 0.231 e. The highest BCUT2D eigenvalue weighted by molar-refractivity contribution is 5.62. The van der Waals surface area contributed by atoms with Gasteiger partial charge in [0.25, 0.3) is 0 Å². The summed E-state index contributed by atoms with van der Waals surface area (Å²) in [5.74, 6) is 2.22. The summed E-state index contributed by atoms with van der Waals surface area (Å²) in [4.78, 5) is 7.60. The van der Waals surface area contributed by atoms with Crippen molar-refractivity contribution in [3.05, 3.63) is 29.6 Å².